The standard InChI is InChI=1S/C21H23N5O/c1-27-19-8-4-5-16(13-19)9-11-22-21-24-20(14-23-25-21)26-12-10-17-6-2-3-7-18(17)15-26/h2-8,13-14H,9-12,15H2,1H3,(H,22,24,25). The molecule has 1 aliphatic heterocycles. The summed E-state index contributed by atoms with van der Waals surface area (Å²) in [7, 11) is 1.68. The molecule has 3 aromatic rings. The number of hydrogen-bond acceptors (Lipinski definition) is 6. The van der Waals surface area contributed by atoms with Gasteiger partial charge in [0.25, 0.3) is 0 Å². The van der Waals surface area contributed by atoms with Crippen molar-refractivity contribution in [1.29, 1.82) is 0 Å². The predicted octanol–water partition coefficient (Wildman–Crippen LogP) is 3.10. The summed E-state index contributed by atoms with van der Waals surface area (Å²) in [6.07, 6.45) is 3.63. The summed E-state index contributed by atoms with van der Waals surface area (Å²) in [5.74, 6) is 2.30. The Morgan fingerprint density at radius 2 is 2.00 bits per heavy atom. The van der Waals surface area contributed by atoms with E-state index in [1.165, 1.54) is 16.7 Å². The molecule has 0 radical (unpaired) electrons. The van der Waals surface area contributed by atoms with Crippen LogP contribution in [0.2, 0.25) is 0 Å². The predicted molar refractivity (Wildman–Crippen MR) is 106 cm³/mol. The van der Waals surface area contributed by atoms with Gasteiger partial charge in [-0.3, -0.25) is 0 Å². The second-order valence-corrected chi connectivity index (χ2v) is 6.61. The van der Waals surface area contributed by atoms with Gasteiger partial charge < -0.3 is 15.0 Å². The van der Waals surface area contributed by atoms with Crippen molar-refractivity contribution in [1.82, 2.24) is 15.2 Å². The number of nitrogens with one attached hydrogen (secondary N) is 1. The van der Waals surface area contributed by atoms with Gasteiger partial charge in [0.2, 0.25) is 5.95 Å². The molecule has 0 saturated carbocycles. The quantitative estimate of drug-likeness (QED) is 0.728. The van der Waals surface area contributed by atoms with Crippen molar-refractivity contribution in [3.05, 3.63) is 71.4 Å². The van der Waals surface area contributed by atoms with E-state index in [2.05, 4.69) is 55.7 Å². The molecule has 0 unspecified atom stereocenters. The van der Waals surface area contributed by atoms with E-state index < -0.39 is 0 Å². The van der Waals surface area contributed by atoms with Crippen molar-refractivity contribution in [2.75, 3.05) is 30.4 Å². The summed E-state index contributed by atoms with van der Waals surface area (Å²) in [5.41, 5.74) is 3.99. The van der Waals surface area contributed by atoms with E-state index >= 15 is 0 Å². The fourth-order valence-corrected chi connectivity index (χ4v) is 3.36. The summed E-state index contributed by atoms with van der Waals surface area (Å²) >= 11 is 0. The highest BCUT2D eigenvalue weighted by Gasteiger charge is 2.17. The van der Waals surface area contributed by atoms with Crippen molar-refractivity contribution >= 4 is 11.8 Å². The third-order valence-corrected chi connectivity index (χ3v) is 4.83. The molecule has 0 atom stereocenters. The fraction of sp³-hybridized carbons (Fsp3) is 0.286. The average Bonchev–Trinajstić information content (AvgIpc) is 2.74. The van der Waals surface area contributed by atoms with E-state index in [4.69, 9.17) is 4.74 Å². The van der Waals surface area contributed by atoms with E-state index in [1.807, 2.05) is 18.2 Å². The van der Waals surface area contributed by atoms with Gasteiger partial charge in [-0.15, -0.1) is 5.10 Å². The molecule has 0 aliphatic carbocycles. The van der Waals surface area contributed by atoms with Gasteiger partial charge in [0, 0.05) is 19.6 Å². The average molecular weight is 361 g/mol. The molecule has 0 saturated heterocycles. The third-order valence-electron chi connectivity index (χ3n) is 4.83. The molecule has 1 aliphatic rings. The van der Waals surface area contributed by atoms with Crippen LogP contribution in [0.3, 0.4) is 0 Å². The van der Waals surface area contributed by atoms with Crippen molar-refractivity contribution in [2.45, 2.75) is 19.4 Å². The number of hydrogen-bond donors (Lipinski definition) is 1. The van der Waals surface area contributed by atoms with Crippen LogP contribution in [-0.2, 0) is 19.4 Å². The van der Waals surface area contributed by atoms with Gasteiger partial charge in [0.05, 0.1) is 13.3 Å². The highest BCUT2D eigenvalue weighted by atomic mass is 16.5. The van der Waals surface area contributed by atoms with E-state index in [0.717, 1.165) is 44.0 Å². The summed E-state index contributed by atoms with van der Waals surface area (Å²) in [4.78, 5) is 6.90. The number of fused-ring (bicyclic) bond motifs is 1. The second-order valence-electron chi connectivity index (χ2n) is 6.61. The summed E-state index contributed by atoms with van der Waals surface area (Å²) in [5, 5.41) is 11.5. The first-order valence-corrected chi connectivity index (χ1v) is 9.20. The van der Waals surface area contributed by atoms with Crippen LogP contribution in [0.15, 0.2) is 54.7 Å². The lowest BCUT2D eigenvalue weighted by Gasteiger charge is -2.29. The van der Waals surface area contributed by atoms with Crippen molar-refractivity contribution in [3.63, 3.8) is 0 Å². The fourth-order valence-electron chi connectivity index (χ4n) is 3.36. The highest BCUT2D eigenvalue weighted by Crippen LogP contribution is 2.22. The maximum atomic E-state index is 5.27. The van der Waals surface area contributed by atoms with E-state index in [-0.39, 0.29) is 0 Å². The topological polar surface area (TPSA) is 63.2 Å². The molecule has 27 heavy (non-hydrogen) atoms. The number of methoxy groups -OCH3 is 1. The Bertz CT molecular complexity index is 914. The largest absolute Gasteiger partial charge is 0.497 e. The van der Waals surface area contributed by atoms with Gasteiger partial charge in [-0.25, -0.2) is 0 Å². The SMILES string of the molecule is COc1cccc(CCNc2nncc(N3CCc4ccccc4C3)n2)c1. The smallest absolute Gasteiger partial charge is 0.244 e. The Kier molecular flexibility index (Phi) is 5.14. The first-order valence-electron chi connectivity index (χ1n) is 9.20. The molecular weight excluding hydrogens is 338 g/mol. The number of ether oxygens (including phenoxy) is 1. The Morgan fingerprint density at radius 1 is 1.11 bits per heavy atom. The van der Waals surface area contributed by atoms with Crippen LogP contribution in [0.5, 0.6) is 5.75 Å². The first-order chi connectivity index (χ1) is 13.3. The molecule has 6 heteroatoms. The van der Waals surface area contributed by atoms with Crippen molar-refractivity contribution < 1.29 is 4.74 Å². The normalized spacial score (nSPS) is 13.1. The minimum Gasteiger partial charge on any atom is -0.497 e. The minimum atomic E-state index is 0.564. The monoisotopic (exact) mass is 361 g/mol. The molecule has 0 amide bonds. The molecule has 2 aromatic carbocycles. The molecule has 1 N–H and O–H groups in total. The maximum absolute atomic E-state index is 5.27. The van der Waals surface area contributed by atoms with E-state index in [0.29, 0.717) is 5.95 Å². The van der Waals surface area contributed by atoms with Crippen LogP contribution in [0.1, 0.15) is 16.7 Å². The lowest BCUT2D eigenvalue weighted by Crippen LogP contribution is -2.31. The molecular formula is C21H23N5O. The zero-order valence-corrected chi connectivity index (χ0v) is 15.4. The first kappa shape index (κ1) is 17.3. The summed E-state index contributed by atoms with van der Waals surface area (Å²) in [6.45, 7) is 2.54. The molecule has 0 spiro atoms. The zero-order chi connectivity index (χ0) is 18.5. The molecule has 6 nitrogen and oxygen atoms in total. The third kappa shape index (κ3) is 4.16. The van der Waals surface area contributed by atoms with Gasteiger partial charge in [-0.2, -0.15) is 10.1 Å². The van der Waals surface area contributed by atoms with Crippen LogP contribution in [0.4, 0.5) is 11.8 Å². The van der Waals surface area contributed by atoms with Crippen LogP contribution >= 0.6 is 0 Å². The lowest BCUT2D eigenvalue weighted by atomic mass is 10.0. The van der Waals surface area contributed by atoms with E-state index in [1.54, 1.807) is 13.3 Å². The number of benzene rings is 2. The van der Waals surface area contributed by atoms with Gasteiger partial charge in [-0.05, 0) is 41.7 Å². The number of rotatable bonds is 6. The Morgan fingerprint density at radius 3 is 2.89 bits per heavy atom. The summed E-state index contributed by atoms with van der Waals surface area (Å²) in [6, 6.07) is 16.7. The number of nitrogens with zero attached hydrogens (tertiary/aromatic N) is 4. The highest BCUT2D eigenvalue weighted by molar-refractivity contribution is 5.45. The number of anilines is 2. The molecule has 1 aromatic heterocycles. The molecule has 2 heterocycles. The Hall–Kier alpha value is -3.15. The van der Waals surface area contributed by atoms with Gasteiger partial charge >= 0.3 is 0 Å². The summed E-state index contributed by atoms with van der Waals surface area (Å²) < 4.78 is 5.27. The van der Waals surface area contributed by atoms with E-state index in [9.17, 15) is 0 Å². The van der Waals surface area contributed by atoms with Crippen LogP contribution in [0.25, 0.3) is 0 Å². The molecule has 4 rings (SSSR count). The minimum absolute atomic E-state index is 0.564. The molecule has 138 valence electrons. The number of aromatic nitrogens is 3. The molecule has 0 fully saturated rings. The second kappa shape index (κ2) is 8.03. The van der Waals surface area contributed by atoms with Gasteiger partial charge in [0.15, 0.2) is 5.82 Å². The van der Waals surface area contributed by atoms with Crippen LogP contribution in [0, 0.1) is 0 Å². The van der Waals surface area contributed by atoms with Crippen LogP contribution in [-0.4, -0.2) is 35.4 Å². The Balaban J connectivity index is 1.38. The van der Waals surface area contributed by atoms with Crippen LogP contribution < -0.4 is 15.0 Å². The maximum Gasteiger partial charge on any atom is 0.244 e. The zero-order valence-electron chi connectivity index (χ0n) is 15.4. The van der Waals surface area contributed by atoms with Crippen molar-refractivity contribution in [2.24, 2.45) is 0 Å². The van der Waals surface area contributed by atoms with Gasteiger partial charge in [-0.1, -0.05) is 36.4 Å². The van der Waals surface area contributed by atoms with Gasteiger partial charge in [0.1, 0.15) is 5.75 Å². The molecule has 0 bridgehead atoms. The Labute approximate surface area is 159 Å². The lowest BCUT2D eigenvalue weighted by molar-refractivity contribution is 0.414. The van der Waals surface area contributed by atoms with Crippen molar-refractivity contribution in [3.8, 4) is 5.75 Å².